The van der Waals surface area contributed by atoms with Crippen molar-refractivity contribution >= 4 is 17.7 Å². The van der Waals surface area contributed by atoms with Gasteiger partial charge in [-0.25, -0.2) is 9.79 Å². The topological polar surface area (TPSA) is 77.0 Å². The van der Waals surface area contributed by atoms with Gasteiger partial charge in [0.25, 0.3) is 0 Å². The number of aliphatic imine (C=N–C) groups is 1. The Morgan fingerprint density at radius 1 is 0.917 bits per heavy atom. The molecule has 2 amide bonds. The third-order valence-corrected chi connectivity index (χ3v) is 7.11. The first-order chi connectivity index (χ1) is 17.5. The predicted octanol–water partition coefficient (Wildman–Crippen LogP) is 7.73. The van der Waals surface area contributed by atoms with Crippen molar-refractivity contribution in [3.8, 4) is 5.75 Å². The molecule has 1 heterocycles. The van der Waals surface area contributed by atoms with Gasteiger partial charge in [0.2, 0.25) is 0 Å². The molecular formula is C30H48N2O4. The van der Waals surface area contributed by atoms with Gasteiger partial charge in [0.15, 0.2) is 0 Å². The number of urea groups is 1. The molecule has 1 N–H and O–H groups in total. The van der Waals surface area contributed by atoms with Crippen molar-refractivity contribution in [3.63, 3.8) is 0 Å². The van der Waals surface area contributed by atoms with Crippen LogP contribution in [0.15, 0.2) is 23.2 Å². The molecule has 2 unspecified atom stereocenters. The zero-order valence-corrected chi connectivity index (χ0v) is 23.1. The fourth-order valence-electron chi connectivity index (χ4n) is 5.17. The minimum Gasteiger partial charge on any atom is -0.494 e. The number of methoxy groups -OCH3 is 1. The lowest BCUT2D eigenvalue weighted by Crippen LogP contribution is -2.44. The summed E-state index contributed by atoms with van der Waals surface area (Å²) in [5.74, 6) is -0.363. The molecule has 1 aliphatic heterocycles. The number of esters is 1. The van der Waals surface area contributed by atoms with Crippen LogP contribution in [0, 0.1) is 5.92 Å². The molecule has 1 aromatic rings. The van der Waals surface area contributed by atoms with E-state index in [-0.39, 0.29) is 0 Å². The van der Waals surface area contributed by atoms with E-state index < -0.39 is 24.0 Å². The molecule has 202 valence electrons. The first kappa shape index (κ1) is 29.9. The first-order valence-corrected chi connectivity index (χ1v) is 14.2. The number of carbonyl (C=O) groups excluding carboxylic acids is 2. The number of rotatable bonds is 18. The highest BCUT2D eigenvalue weighted by Crippen LogP contribution is 2.37. The number of nitrogens with one attached hydrogen (secondary N) is 1. The summed E-state index contributed by atoms with van der Waals surface area (Å²) in [6.07, 6.45) is 18.0. The zero-order chi connectivity index (χ0) is 26.2. The lowest BCUT2D eigenvalue weighted by molar-refractivity contribution is -0.143. The van der Waals surface area contributed by atoms with Crippen molar-refractivity contribution in [1.29, 1.82) is 0 Å². The maximum Gasteiger partial charge on any atom is 0.341 e. The van der Waals surface area contributed by atoms with Crippen molar-refractivity contribution in [1.82, 2.24) is 5.32 Å². The highest BCUT2D eigenvalue weighted by atomic mass is 16.5. The van der Waals surface area contributed by atoms with Gasteiger partial charge >= 0.3 is 12.0 Å². The highest BCUT2D eigenvalue weighted by molar-refractivity contribution is 6.08. The number of aryl methyl sites for hydroxylation is 1. The van der Waals surface area contributed by atoms with Crippen LogP contribution < -0.4 is 10.1 Å². The second kappa shape index (κ2) is 17.1. The summed E-state index contributed by atoms with van der Waals surface area (Å²) in [4.78, 5) is 28.9. The van der Waals surface area contributed by atoms with E-state index in [4.69, 9.17) is 9.47 Å². The van der Waals surface area contributed by atoms with E-state index in [1.54, 1.807) is 6.92 Å². The van der Waals surface area contributed by atoms with Crippen molar-refractivity contribution in [2.75, 3.05) is 13.7 Å². The Kier molecular flexibility index (Phi) is 14.2. The molecule has 0 aromatic heterocycles. The molecule has 0 saturated heterocycles. The number of benzene rings is 1. The maximum atomic E-state index is 12.6. The van der Waals surface area contributed by atoms with Crippen LogP contribution in [0.1, 0.15) is 121 Å². The highest BCUT2D eigenvalue weighted by Gasteiger charge is 2.40. The van der Waals surface area contributed by atoms with E-state index >= 15 is 0 Å². The standard InChI is InChI=1S/C30H48N2O4/c1-5-7-8-9-10-11-12-13-14-15-16-17-18-20-24-21-19-22-25(36-6-2)27(24)28-26(29(33)35-4)23(3)31-30(34)32-28/h19,21-22,26,28H,5-18,20H2,1-4H3,(H,32,34). The van der Waals surface area contributed by atoms with Gasteiger partial charge < -0.3 is 14.8 Å². The Balaban J connectivity index is 1.90. The average Bonchev–Trinajstić information content (AvgIpc) is 2.86. The maximum absolute atomic E-state index is 12.6. The first-order valence-electron chi connectivity index (χ1n) is 14.2. The Bertz CT molecular complexity index is 836. The van der Waals surface area contributed by atoms with Crippen LogP contribution in [-0.2, 0) is 16.0 Å². The minimum absolute atomic E-state index is 0.403. The molecule has 0 saturated carbocycles. The third-order valence-electron chi connectivity index (χ3n) is 7.11. The second-order valence-electron chi connectivity index (χ2n) is 9.94. The number of unbranched alkanes of at least 4 members (excludes halogenated alkanes) is 12. The number of ether oxygens (including phenoxy) is 2. The summed E-state index contributed by atoms with van der Waals surface area (Å²) in [5.41, 5.74) is 2.45. The van der Waals surface area contributed by atoms with E-state index in [0.29, 0.717) is 18.1 Å². The Labute approximate surface area is 218 Å². The van der Waals surface area contributed by atoms with Crippen LogP contribution in [0.2, 0.25) is 0 Å². The summed E-state index contributed by atoms with van der Waals surface area (Å²) < 4.78 is 11.0. The van der Waals surface area contributed by atoms with E-state index in [9.17, 15) is 9.59 Å². The fraction of sp³-hybridized carbons (Fsp3) is 0.700. The molecular weight excluding hydrogens is 452 g/mol. The van der Waals surface area contributed by atoms with E-state index in [1.165, 1.54) is 84.2 Å². The van der Waals surface area contributed by atoms with Crippen LogP contribution in [0.25, 0.3) is 0 Å². The summed E-state index contributed by atoms with van der Waals surface area (Å²) in [5, 5.41) is 2.91. The average molecular weight is 501 g/mol. The molecule has 6 nitrogen and oxygen atoms in total. The Morgan fingerprint density at radius 2 is 1.50 bits per heavy atom. The predicted molar refractivity (Wildman–Crippen MR) is 147 cm³/mol. The molecule has 1 aromatic carbocycles. The zero-order valence-electron chi connectivity index (χ0n) is 23.1. The van der Waals surface area contributed by atoms with Gasteiger partial charge in [-0.1, -0.05) is 96.1 Å². The molecule has 2 rings (SSSR count). The van der Waals surface area contributed by atoms with Crippen molar-refractivity contribution in [2.45, 2.75) is 117 Å². The molecule has 1 aliphatic rings. The van der Waals surface area contributed by atoms with Crippen molar-refractivity contribution in [3.05, 3.63) is 29.3 Å². The molecule has 0 spiro atoms. The fourth-order valence-corrected chi connectivity index (χ4v) is 5.17. The van der Waals surface area contributed by atoms with Gasteiger partial charge in [-0.05, 0) is 38.3 Å². The number of carbonyl (C=O) groups is 2. The SMILES string of the molecule is CCCCCCCCCCCCCCCc1cccc(OCC)c1C1NC(=O)N=C(C)C1C(=O)OC. The van der Waals surface area contributed by atoms with Crippen LogP contribution in [-0.4, -0.2) is 31.4 Å². The van der Waals surface area contributed by atoms with Crippen LogP contribution in [0.3, 0.4) is 0 Å². The summed E-state index contributed by atoms with van der Waals surface area (Å²) in [6.45, 7) is 6.42. The number of hydrogen-bond acceptors (Lipinski definition) is 4. The smallest absolute Gasteiger partial charge is 0.341 e. The molecule has 0 bridgehead atoms. The summed E-state index contributed by atoms with van der Waals surface area (Å²) in [7, 11) is 1.37. The quantitative estimate of drug-likeness (QED) is 0.165. The molecule has 0 aliphatic carbocycles. The molecule has 0 fully saturated rings. The van der Waals surface area contributed by atoms with E-state index in [1.807, 2.05) is 19.1 Å². The van der Waals surface area contributed by atoms with Crippen molar-refractivity contribution in [2.24, 2.45) is 10.9 Å². The monoisotopic (exact) mass is 500 g/mol. The third kappa shape index (κ3) is 9.59. The normalized spacial score (nSPS) is 17.4. The lowest BCUT2D eigenvalue weighted by atomic mass is 9.84. The molecule has 2 atom stereocenters. The van der Waals surface area contributed by atoms with Gasteiger partial charge in [0, 0.05) is 11.3 Å². The number of nitrogens with zero attached hydrogens (tertiary/aromatic N) is 1. The van der Waals surface area contributed by atoms with Gasteiger partial charge in [0.05, 0.1) is 19.8 Å². The van der Waals surface area contributed by atoms with Crippen molar-refractivity contribution < 1.29 is 19.1 Å². The van der Waals surface area contributed by atoms with Gasteiger partial charge in [0.1, 0.15) is 11.7 Å². The Morgan fingerprint density at radius 3 is 2.06 bits per heavy atom. The number of hydrogen-bond donors (Lipinski definition) is 1. The number of amides is 2. The van der Waals surface area contributed by atoms with Crippen LogP contribution >= 0.6 is 0 Å². The molecule has 6 heteroatoms. The summed E-state index contributed by atoms with van der Waals surface area (Å²) >= 11 is 0. The minimum atomic E-state index is -0.667. The van der Waals surface area contributed by atoms with Gasteiger partial charge in [-0.2, -0.15) is 0 Å². The van der Waals surface area contributed by atoms with E-state index in [0.717, 1.165) is 24.0 Å². The summed E-state index contributed by atoms with van der Waals surface area (Å²) in [6, 6.07) is 5.00. The van der Waals surface area contributed by atoms with E-state index in [2.05, 4.69) is 23.3 Å². The van der Waals surface area contributed by atoms with Gasteiger partial charge in [-0.3, -0.25) is 4.79 Å². The van der Waals surface area contributed by atoms with Crippen LogP contribution in [0.4, 0.5) is 4.79 Å². The largest absolute Gasteiger partial charge is 0.494 e. The van der Waals surface area contributed by atoms with Gasteiger partial charge in [-0.15, -0.1) is 0 Å². The molecule has 36 heavy (non-hydrogen) atoms. The Hall–Kier alpha value is -2.37. The second-order valence-corrected chi connectivity index (χ2v) is 9.94. The lowest BCUT2D eigenvalue weighted by Gasteiger charge is -2.32. The molecule has 0 radical (unpaired) electrons. The van der Waals surface area contributed by atoms with Crippen LogP contribution in [0.5, 0.6) is 5.75 Å².